The van der Waals surface area contributed by atoms with E-state index in [2.05, 4.69) is 0 Å². The van der Waals surface area contributed by atoms with Gasteiger partial charge in [-0.3, -0.25) is 4.79 Å². The Labute approximate surface area is 78.7 Å². The molecule has 2 nitrogen and oxygen atoms in total. The quantitative estimate of drug-likeness (QED) is 0.577. The minimum Gasteiger partial charge on any atom is -0.303 e. The summed E-state index contributed by atoms with van der Waals surface area (Å²) < 4.78 is 0. The van der Waals surface area contributed by atoms with Gasteiger partial charge in [0.1, 0.15) is 12.1 Å². The number of carbonyl (C=O) groups excluding carboxylic acids is 2. The van der Waals surface area contributed by atoms with Crippen LogP contribution in [0.3, 0.4) is 0 Å². The van der Waals surface area contributed by atoms with Crippen molar-refractivity contribution < 1.29 is 9.59 Å². The van der Waals surface area contributed by atoms with Crippen LogP contribution >= 0.6 is 0 Å². The number of ketones is 1. The van der Waals surface area contributed by atoms with E-state index in [9.17, 15) is 9.59 Å². The number of hydrogen-bond donors (Lipinski definition) is 0. The maximum absolute atomic E-state index is 11.9. The van der Waals surface area contributed by atoms with Crippen LogP contribution in [0.2, 0.25) is 0 Å². The number of fused-ring (bicyclic) bond motifs is 3. The molecule has 0 heterocycles. The molecule has 3 saturated carbocycles. The van der Waals surface area contributed by atoms with E-state index in [1.54, 1.807) is 0 Å². The Morgan fingerprint density at radius 1 is 1.38 bits per heavy atom. The van der Waals surface area contributed by atoms with Gasteiger partial charge in [-0.05, 0) is 25.2 Å². The van der Waals surface area contributed by atoms with Crippen LogP contribution in [0.1, 0.15) is 33.1 Å². The number of carbonyl (C=O) groups is 2. The Morgan fingerprint density at radius 3 is 2.62 bits per heavy atom. The van der Waals surface area contributed by atoms with Crippen LogP contribution in [-0.4, -0.2) is 12.1 Å². The van der Waals surface area contributed by atoms with Crippen LogP contribution in [0.4, 0.5) is 0 Å². The second kappa shape index (κ2) is 2.66. The molecular weight excluding hydrogens is 164 g/mol. The smallest absolute Gasteiger partial charge is 0.142 e. The lowest BCUT2D eigenvalue weighted by molar-refractivity contribution is -0.150. The van der Waals surface area contributed by atoms with Crippen molar-refractivity contribution in [1.82, 2.24) is 0 Å². The molecule has 0 aromatic carbocycles. The standard InChI is InChI=1S/C11H16O2/c1-11(2)8-3-4-9(10(11)13)7(5-8)6-12/h6-9H,3-5H2,1-2H3/t7-,8-,9+/m1/s1. The summed E-state index contributed by atoms with van der Waals surface area (Å²) in [4.78, 5) is 22.7. The Morgan fingerprint density at radius 2 is 2.08 bits per heavy atom. The van der Waals surface area contributed by atoms with Crippen molar-refractivity contribution in [2.75, 3.05) is 0 Å². The predicted molar refractivity (Wildman–Crippen MR) is 49.2 cm³/mol. The zero-order valence-corrected chi connectivity index (χ0v) is 8.25. The fraction of sp³-hybridized carbons (Fsp3) is 0.818. The van der Waals surface area contributed by atoms with E-state index in [1.807, 2.05) is 13.8 Å². The minimum absolute atomic E-state index is 0.0271. The molecule has 0 spiro atoms. The number of aldehydes is 1. The highest BCUT2D eigenvalue weighted by Gasteiger charge is 2.52. The third-order valence-corrected chi connectivity index (χ3v) is 4.07. The number of rotatable bonds is 1. The minimum atomic E-state index is -0.164. The van der Waals surface area contributed by atoms with E-state index >= 15 is 0 Å². The normalized spacial score (nSPS) is 42.0. The molecule has 0 aromatic rings. The topological polar surface area (TPSA) is 34.1 Å². The highest BCUT2D eigenvalue weighted by molar-refractivity contribution is 5.90. The molecule has 0 unspecified atom stereocenters. The van der Waals surface area contributed by atoms with Crippen molar-refractivity contribution in [3.63, 3.8) is 0 Å². The van der Waals surface area contributed by atoms with E-state index < -0.39 is 0 Å². The van der Waals surface area contributed by atoms with Gasteiger partial charge in [-0.25, -0.2) is 0 Å². The zero-order valence-electron chi connectivity index (χ0n) is 8.25. The van der Waals surface area contributed by atoms with Gasteiger partial charge in [-0.15, -0.1) is 0 Å². The first-order chi connectivity index (χ1) is 6.07. The van der Waals surface area contributed by atoms with E-state index in [4.69, 9.17) is 0 Å². The second-order valence-electron chi connectivity index (χ2n) is 5.00. The fourth-order valence-electron chi connectivity index (χ4n) is 3.02. The van der Waals surface area contributed by atoms with Crippen LogP contribution in [0.25, 0.3) is 0 Å². The fourth-order valence-corrected chi connectivity index (χ4v) is 3.02. The van der Waals surface area contributed by atoms with Crippen molar-refractivity contribution in [3.05, 3.63) is 0 Å². The van der Waals surface area contributed by atoms with Gasteiger partial charge in [-0.2, -0.15) is 0 Å². The first-order valence-electron chi connectivity index (χ1n) is 5.07. The molecule has 3 aliphatic rings. The molecule has 0 saturated heterocycles. The molecule has 3 fully saturated rings. The third kappa shape index (κ3) is 1.07. The molecule has 0 radical (unpaired) electrons. The van der Waals surface area contributed by atoms with Gasteiger partial charge in [0.2, 0.25) is 0 Å². The van der Waals surface area contributed by atoms with Crippen LogP contribution in [0.5, 0.6) is 0 Å². The third-order valence-electron chi connectivity index (χ3n) is 4.07. The van der Waals surface area contributed by atoms with Crippen LogP contribution in [0, 0.1) is 23.2 Å². The Balaban J connectivity index is 2.31. The maximum atomic E-state index is 11.9. The molecule has 0 N–H and O–H groups in total. The largest absolute Gasteiger partial charge is 0.303 e. The summed E-state index contributed by atoms with van der Waals surface area (Å²) in [5, 5.41) is 0. The van der Waals surface area contributed by atoms with E-state index in [1.165, 1.54) is 0 Å². The average molecular weight is 180 g/mol. The number of hydrogen-bond acceptors (Lipinski definition) is 2. The Hall–Kier alpha value is -0.660. The molecule has 13 heavy (non-hydrogen) atoms. The van der Waals surface area contributed by atoms with E-state index in [-0.39, 0.29) is 17.3 Å². The summed E-state index contributed by atoms with van der Waals surface area (Å²) in [6.07, 6.45) is 4.00. The van der Waals surface area contributed by atoms with Gasteiger partial charge in [-0.1, -0.05) is 13.8 Å². The molecule has 72 valence electrons. The zero-order chi connectivity index (χ0) is 9.64. The van der Waals surface area contributed by atoms with Crippen molar-refractivity contribution in [2.45, 2.75) is 33.1 Å². The molecule has 3 aliphatic carbocycles. The van der Waals surface area contributed by atoms with Gasteiger partial charge in [0.05, 0.1) is 0 Å². The van der Waals surface area contributed by atoms with Gasteiger partial charge < -0.3 is 4.79 Å². The van der Waals surface area contributed by atoms with E-state index in [0.29, 0.717) is 11.7 Å². The molecule has 0 aromatic heterocycles. The van der Waals surface area contributed by atoms with Crippen LogP contribution < -0.4 is 0 Å². The molecule has 2 heteroatoms. The summed E-state index contributed by atoms with van der Waals surface area (Å²) in [6, 6.07) is 0. The first kappa shape index (κ1) is 8.92. The maximum Gasteiger partial charge on any atom is 0.142 e. The van der Waals surface area contributed by atoms with Crippen LogP contribution in [0.15, 0.2) is 0 Å². The summed E-state index contributed by atoms with van der Waals surface area (Å²) >= 11 is 0. The summed E-state index contributed by atoms with van der Waals surface area (Å²) in [7, 11) is 0. The Kier molecular flexibility index (Phi) is 1.83. The monoisotopic (exact) mass is 180 g/mol. The summed E-state index contributed by atoms with van der Waals surface area (Å²) in [6.45, 7) is 4.07. The van der Waals surface area contributed by atoms with E-state index in [0.717, 1.165) is 25.5 Å². The summed E-state index contributed by atoms with van der Waals surface area (Å²) in [5.41, 5.74) is -0.164. The van der Waals surface area contributed by atoms with Gasteiger partial charge in [0.15, 0.2) is 0 Å². The SMILES string of the molecule is CC1(C)C(=O)[C@H]2CC[C@@H]1C[C@@H]2C=O. The number of Topliss-reactive ketones (excluding diaryl/α,β-unsaturated/α-hetero) is 1. The lowest BCUT2D eigenvalue weighted by atomic mass is 9.53. The molecule has 2 bridgehead atoms. The lowest BCUT2D eigenvalue weighted by Crippen LogP contribution is -2.51. The molecule has 0 amide bonds. The van der Waals surface area contributed by atoms with Crippen molar-refractivity contribution in [1.29, 1.82) is 0 Å². The van der Waals surface area contributed by atoms with Gasteiger partial charge in [0.25, 0.3) is 0 Å². The van der Waals surface area contributed by atoms with Gasteiger partial charge >= 0.3 is 0 Å². The lowest BCUT2D eigenvalue weighted by Gasteiger charge is -2.49. The predicted octanol–water partition coefficient (Wildman–Crippen LogP) is 1.83. The average Bonchev–Trinajstić information content (AvgIpc) is 2.13. The highest BCUT2D eigenvalue weighted by Crippen LogP contribution is 2.51. The van der Waals surface area contributed by atoms with Crippen molar-refractivity contribution >= 4 is 12.1 Å². The molecule has 3 rings (SSSR count). The van der Waals surface area contributed by atoms with Gasteiger partial charge in [0, 0.05) is 17.3 Å². The van der Waals surface area contributed by atoms with Crippen LogP contribution in [-0.2, 0) is 9.59 Å². The van der Waals surface area contributed by atoms with Crippen molar-refractivity contribution in [2.24, 2.45) is 23.2 Å². The highest BCUT2D eigenvalue weighted by atomic mass is 16.1. The summed E-state index contributed by atoms with van der Waals surface area (Å²) in [5.74, 6) is 0.837. The second-order valence-corrected chi connectivity index (χ2v) is 5.00. The Bertz CT molecular complexity index is 255. The molecular formula is C11H16O2. The van der Waals surface area contributed by atoms with Crippen molar-refractivity contribution in [3.8, 4) is 0 Å². The first-order valence-corrected chi connectivity index (χ1v) is 5.07. The molecule has 3 atom stereocenters. The molecule has 0 aliphatic heterocycles.